The lowest BCUT2D eigenvalue weighted by Crippen LogP contribution is -2.38. The molecule has 0 bridgehead atoms. The second-order valence-electron chi connectivity index (χ2n) is 4.27. The van der Waals surface area contributed by atoms with E-state index in [1.807, 2.05) is 24.4 Å². The molecule has 0 fully saturated rings. The molecule has 0 aliphatic rings. The summed E-state index contributed by atoms with van der Waals surface area (Å²) in [5.74, 6) is 0.858. The molecule has 21 heavy (non-hydrogen) atoms. The number of aromatic nitrogens is 1. The summed E-state index contributed by atoms with van der Waals surface area (Å²) >= 11 is 1.73. The van der Waals surface area contributed by atoms with Gasteiger partial charge in [0.2, 0.25) is 0 Å². The molecular weight excluding hydrogens is 395 g/mol. The summed E-state index contributed by atoms with van der Waals surface area (Å²) in [5, 5.41) is 8.67. The molecule has 6 heteroatoms. The summed E-state index contributed by atoms with van der Waals surface area (Å²) in [6.07, 6.45) is 2.72. The second-order valence-corrected chi connectivity index (χ2v) is 5.30. The zero-order valence-corrected chi connectivity index (χ0v) is 15.2. The molecule has 4 nitrogen and oxygen atoms in total. The molecule has 2 heterocycles. The summed E-state index contributed by atoms with van der Waals surface area (Å²) in [7, 11) is 0. The molecule has 2 N–H and O–H groups in total. The van der Waals surface area contributed by atoms with Gasteiger partial charge in [0.05, 0.1) is 6.54 Å². The van der Waals surface area contributed by atoms with E-state index in [1.165, 1.54) is 4.88 Å². The predicted octanol–water partition coefficient (Wildman–Crippen LogP) is 3.06. The van der Waals surface area contributed by atoms with Crippen LogP contribution in [0.15, 0.2) is 46.9 Å². The molecule has 0 aliphatic carbocycles. The lowest BCUT2D eigenvalue weighted by molar-refractivity contribution is 0.789. The third-order valence-corrected chi connectivity index (χ3v) is 3.58. The Morgan fingerprint density at radius 3 is 2.81 bits per heavy atom. The number of hydrogen-bond donors (Lipinski definition) is 2. The van der Waals surface area contributed by atoms with Crippen molar-refractivity contribution in [3.05, 3.63) is 52.5 Å². The van der Waals surface area contributed by atoms with Crippen LogP contribution in [-0.4, -0.2) is 24.0 Å². The van der Waals surface area contributed by atoms with Gasteiger partial charge < -0.3 is 10.6 Å². The highest BCUT2D eigenvalue weighted by Gasteiger charge is 1.99. The first-order chi connectivity index (χ1) is 9.88. The predicted molar refractivity (Wildman–Crippen MR) is 100 cm³/mol. The van der Waals surface area contributed by atoms with Crippen molar-refractivity contribution in [2.24, 2.45) is 4.99 Å². The number of pyridine rings is 1. The van der Waals surface area contributed by atoms with Crippen molar-refractivity contribution >= 4 is 41.3 Å². The van der Waals surface area contributed by atoms with Crippen molar-refractivity contribution in [3.8, 4) is 0 Å². The number of guanidine groups is 1. The minimum atomic E-state index is 0. The minimum absolute atomic E-state index is 0. The van der Waals surface area contributed by atoms with Crippen LogP contribution in [0.3, 0.4) is 0 Å². The van der Waals surface area contributed by atoms with Gasteiger partial charge in [-0.3, -0.25) is 4.98 Å². The molecule has 2 aromatic heterocycles. The fraction of sp³-hybridized carbons (Fsp3) is 0.333. The van der Waals surface area contributed by atoms with Crippen LogP contribution in [0.1, 0.15) is 17.5 Å². The van der Waals surface area contributed by atoms with Gasteiger partial charge in [0, 0.05) is 36.3 Å². The monoisotopic (exact) mass is 416 g/mol. The largest absolute Gasteiger partial charge is 0.357 e. The van der Waals surface area contributed by atoms with Crippen LogP contribution in [0.25, 0.3) is 0 Å². The smallest absolute Gasteiger partial charge is 0.191 e. The van der Waals surface area contributed by atoms with Gasteiger partial charge in [-0.25, -0.2) is 4.99 Å². The van der Waals surface area contributed by atoms with E-state index < -0.39 is 0 Å². The number of aliphatic imine (C=N–C) groups is 1. The molecule has 0 spiro atoms. The van der Waals surface area contributed by atoms with Gasteiger partial charge in [0.1, 0.15) is 0 Å². The Kier molecular flexibility index (Phi) is 9.00. The van der Waals surface area contributed by atoms with E-state index >= 15 is 0 Å². The maximum Gasteiger partial charge on any atom is 0.191 e. The third-order valence-electron chi connectivity index (χ3n) is 2.72. The van der Waals surface area contributed by atoms with Gasteiger partial charge in [-0.2, -0.15) is 0 Å². The molecule has 0 aromatic carbocycles. The summed E-state index contributed by atoms with van der Waals surface area (Å²) in [5.41, 5.74) is 1.09. The molecule has 0 saturated carbocycles. The number of rotatable bonds is 6. The van der Waals surface area contributed by atoms with Crippen molar-refractivity contribution < 1.29 is 0 Å². The first kappa shape index (κ1) is 17.9. The van der Waals surface area contributed by atoms with E-state index in [0.717, 1.165) is 37.7 Å². The van der Waals surface area contributed by atoms with E-state index in [4.69, 9.17) is 0 Å². The Morgan fingerprint density at radius 1 is 1.24 bits per heavy atom. The average molecular weight is 416 g/mol. The number of hydrogen-bond acceptors (Lipinski definition) is 3. The zero-order chi connectivity index (χ0) is 14.0. The fourth-order valence-corrected chi connectivity index (χ4v) is 2.38. The third kappa shape index (κ3) is 6.90. The molecule has 0 atom stereocenters. The topological polar surface area (TPSA) is 49.3 Å². The molecule has 0 amide bonds. The molecule has 114 valence electrons. The number of halogens is 1. The van der Waals surface area contributed by atoms with Crippen molar-refractivity contribution in [1.29, 1.82) is 0 Å². The zero-order valence-electron chi connectivity index (χ0n) is 12.1. The van der Waals surface area contributed by atoms with Crippen molar-refractivity contribution in [3.63, 3.8) is 0 Å². The molecule has 0 unspecified atom stereocenters. The number of thiophene rings is 1. The average Bonchev–Trinajstić information content (AvgIpc) is 2.99. The van der Waals surface area contributed by atoms with E-state index in [9.17, 15) is 0 Å². The minimum Gasteiger partial charge on any atom is -0.357 e. The Bertz CT molecular complexity index is 514. The second kappa shape index (κ2) is 10.6. The Balaban J connectivity index is 0.00000220. The molecule has 0 aliphatic heterocycles. The van der Waals surface area contributed by atoms with Gasteiger partial charge in [-0.15, -0.1) is 35.3 Å². The first-order valence-corrected chi connectivity index (χ1v) is 7.71. The highest BCUT2D eigenvalue weighted by molar-refractivity contribution is 14.0. The van der Waals surface area contributed by atoms with Gasteiger partial charge in [0.15, 0.2) is 5.96 Å². The number of nitrogens with zero attached hydrogens (tertiary/aromatic N) is 2. The summed E-state index contributed by atoms with van der Waals surface area (Å²) in [6.45, 7) is 4.48. The van der Waals surface area contributed by atoms with E-state index in [1.54, 1.807) is 11.3 Å². The molecule has 2 rings (SSSR count). The molecular formula is C15H21IN4S. The van der Waals surface area contributed by atoms with Crippen molar-refractivity contribution in [1.82, 2.24) is 15.6 Å². The van der Waals surface area contributed by atoms with Crippen molar-refractivity contribution in [2.45, 2.75) is 19.9 Å². The van der Waals surface area contributed by atoms with E-state index in [0.29, 0.717) is 0 Å². The lowest BCUT2D eigenvalue weighted by Gasteiger charge is -2.10. The van der Waals surface area contributed by atoms with Crippen LogP contribution in [0.4, 0.5) is 0 Å². The maximum atomic E-state index is 4.57. The standard InChI is InChI=1S/C15H20N4S.HI/c1-2-16-15(19-12-14-7-5-11-20-14)18-10-8-13-6-3-4-9-17-13;/h3-7,9,11H,2,8,10,12H2,1H3,(H2,16,18,19);1H. The molecule has 0 radical (unpaired) electrons. The summed E-state index contributed by atoms with van der Waals surface area (Å²) < 4.78 is 0. The quantitative estimate of drug-likeness (QED) is 0.433. The molecule has 2 aromatic rings. The SMILES string of the molecule is CCNC(=NCc1cccs1)NCCc1ccccn1.I. The highest BCUT2D eigenvalue weighted by atomic mass is 127. The van der Waals surface area contributed by atoms with Crippen LogP contribution in [0.2, 0.25) is 0 Å². The Labute approximate surface area is 147 Å². The normalized spacial score (nSPS) is 10.8. The van der Waals surface area contributed by atoms with Gasteiger partial charge in [-0.05, 0) is 30.5 Å². The maximum absolute atomic E-state index is 4.57. The van der Waals surface area contributed by atoms with Crippen LogP contribution in [-0.2, 0) is 13.0 Å². The van der Waals surface area contributed by atoms with Gasteiger partial charge in [-0.1, -0.05) is 12.1 Å². The fourth-order valence-electron chi connectivity index (χ4n) is 1.76. The first-order valence-electron chi connectivity index (χ1n) is 6.83. The molecule has 0 saturated heterocycles. The van der Waals surface area contributed by atoms with E-state index in [2.05, 4.69) is 45.0 Å². The summed E-state index contributed by atoms with van der Waals surface area (Å²) in [6, 6.07) is 10.1. The van der Waals surface area contributed by atoms with E-state index in [-0.39, 0.29) is 24.0 Å². The highest BCUT2D eigenvalue weighted by Crippen LogP contribution is 2.09. The lowest BCUT2D eigenvalue weighted by atomic mass is 10.3. The van der Waals surface area contributed by atoms with Crippen molar-refractivity contribution in [2.75, 3.05) is 13.1 Å². The van der Waals surface area contributed by atoms with Crippen LogP contribution in [0.5, 0.6) is 0 Å². The summed E-state index contributed by atoms with van der Waals surface area (Å²) in [4.78, 5) is 10.2. The Morgan fingerprint density at radius 2 is 2.14 bits per heavy atom. The van der Waals surface area contributed by atoms with Crippen LogP contribution >= 0.6 is 35.3 Å². The van der Waals surface area contributed by atoms with Crippen LogP contribution in [0, 0.1) is 0 Å². The number of nitrogens with one attached hydrogen (secondary N) is 2. The van der Waals surface area contributed by atoms with Gasteiger partial charge >= 0.3 is 0 Å². The Hall–Kier alpha value is -1.15. The van der Waals surface area contributed by atoms with Crippen LogP contribution < -0.4 is 10.6 Å². The van der Waals surface area contributed by atoms with Gasteiger partial charge in [0.25, 0.3) is 0 Å².